The molecule has 0 amide bonds. The minimum atomic E-state index is -0.834. The van der Waals surface area contributed by atoms with Crippen LogP contribution in [0.15, 0.2) is 91.1 Å². The first-order valence-electron chi connectivity index (χ1n) is 11.0. The fourth-order valence-corrected chi connectivity index (χ4v) is 4.75. The van der Waals surface area contributed by atoms with Crippen molar-refractivity contribution in [3.05, 3.63) is 102 Å². The Balaban J connectivity index is 0.000000171. The second-order valence-corrected chi connectivity index (χ2v) is 8.65. The van der Waals surface area contributed by atoms with Crippen LogP contribution in [0.1, 0.15) is 31.1 Å². The Bertz CT molecular complexity index is 1310. The molecule has 4 aromatic carbocycles. The highest BCUT2D eigenvalue weighted by molar-refractivity contribution is 6.08. The van der Waals surface area contributed by atoms with Gasteiger partial charge in [-0.2, -0.15) is 0 Å². The van der Waals surface area contributed by atoms with E-state index in [1.54, 1.807) is 0 Å². The first-order chi connectivity index (χ1) is 15.1. The molecular weight excluding hydrogens is 381 g/mol. The predicted octanol–water partition coefficient (Wildman–Crippen LogP) is 8.07. The van der Waals surface area contributed by atoms with Crippen molar-refractivity contribution >= 4 is 32.4 Å². The Kier molecular flexibility index (Phi) is 5.15. The van der Waals surface area contributed by atoms with Gasteiger partial charge in [-0.25, -0.2) is 4.39 Å². The molecule has 3 unspecified atom stereocenters. The van der Waals surface area contributed by atoms with Gasteiger partial charge in [0.15, 0.2) is 0 Å². The van der Waals surface area contributed by atoms with Crippen LogP contribution in [0.3, 0.4) is 0 Å². The van der Waals surface area contributed by atoms with Gasteiger partial charge in [-0.1, -0.05) is 86.6 Å². The summed E-state index contributed by atoms with van der Waals surface area (Å²) in [5, 5.41) is 6.19. The number of rotatable bonds is 0. The molecule has 5 aromatic rings. The molecule has 0 aliphatic heterocycles. The largest absolute Gasteiger partial charge is 0.256 e. The van der Waals surface area contributed by atoms with Crippen molar-refractivity contribution in [2.24, 2.45) is 11.8 Å². The van der Waals surface area contributed by atoms with E-state index < -0.39 is 6.17 Å². The minimum absolute atomic E-state index is 0.107. The highest BCUT2D eigenvalue weighted by Crippen LogP contribution is 2.43. The summed E-state index contributed by atoms with van der Waals surface area (Å²) in [6.45, 7) is 4.20. The van der Waals surface area contributed by atoms with Gasteiger partial charge < -0.3 is 0 Å². The SMILES string of the molecule is CC1Cc2c(ccc3c2ccc2ccccc23)C(F)C1C.c1ccc2ncccc2c1. The van der Waals surface area contributed by atoms with Crippen molar-refractivity contribution in [1.82, 2.24) is 4.98 Å². The van der Waals surface area contributed by atoms with Crippen LogP contribution in [0.2, 0.25) is 0 Å². The Morgan fingerprint density at radius 3 is 2.26 bits per heavy atom. The van der Waals surface area contributed by atoms with E-state index in [0.717, 1.165) is 17.5 Å². The fraction of sp³-hybridized carbons (Fsp3) is 0.207. The number of pyridine rings is 1. The second-order valence-electron chi connectivity index (χ2n) is 8.65. The molecule has 0 fully saturated rings. The van der Waals surface area contributed by atoms with Crippen LogP contribution in [0.5, 0.6) is 0 Å². The number of benzene rings is 4. The van der Waals surface area contributed by atoms with E-state index in [9.17, 15) is 4.39 Å². The average molecular weight is 408 g/mol. The van der Waals surface area contributed by atoms with Crippen LogP contribution in [0.25, 0.3) is 32.4 Å². The van der Waals surface area contributed by atoms with Gasteiger partial charge in [0.2, 0.25) is 0 Å². The van der Waals surface area contributed by atoms with Gasteiger partial charge in [0.1, 0.15) is 6.17 Å². The van der Waals surface area contributed by atoms with Crippen LogP contribution in [0, 0.1) is 11.8 Å². The van der Waals surface area contributed by atoms with Gasteiger partial charge in [-0.3, -0.25) is 4.98 Å². The summed E-state index contributed by atoms with van der Waals surface area (Å²) in [5.41, 5.74) is 3.18. The van der Waals surface area contributed by atoms with Crippen molar-refractivity contribution in [3.8, 4) is 0 Å². The lowest BCUT2D eigenvalue weighted by atomic mass is 9.75. The zero-order valence-electron chi connectivity index (χ0n) is 17.9. The first-order valence-corrected chi connectivity index (χ1v) is 11.0. The molecular formula is C29H26FN. The van der Waals surface area contributed by atoms with Crippen LogP contribution < -0.4 is 0 Å². The molecule has 6 rings (SSSR count). The maximum atomic E-state index is 14.7. The molecule has 0 saturated heterocycles. The van der Waals surface area contributed by atoms with E-state index >= 15 is 0 Å². The Morgan fingerprint density at radius 2 is 1.42 bits per heavy atom. The number of hydrogen-bond acceptors (Lipinski definition) is 1. The highest BCUT2D eigenvalue weighted by atomic mass is 19.1. The number of halogens is 1. The number of para-hydroxylation sites is 1. The Morgan fingerprint density at radius 1 is 0.710 bits per heavy atom. The second kappa shape index (κ2) is 8.11. The van der Waals surface area contributed by atoms with E-state index in [2.05, 4.69) is 66.5 Å². The molecule has 0 saturated carbocycles. The van der Waals surface area contributed by atoms with Gasteiger partial charge in [0.05, 0.1) is 5.52 Å². The summed E-state index contributed by atoms with van der Waals surface area (Å²) in [6.07, 6.45) is 1.95. The zero-order valence-corrected chi connectivity index (χ0v) is 17.9. The molecule has 0 bridgehead atoms. The van der Waals surface area contributed by atoms with Crippen molar-refractivity contribution in [2.75, 3.05) is 0 Å². The summed E-state index contributed by atoms with van der Waals surface area (Å²) in [6, 6.07) is 29.0. The maximum absolute atomic E-state index is 14.7. The van der Waals surface area contributed by atoms with Gasteiger partial charge in [0.25, 0.3) is 0 Å². The van der Waals surface area contributed by atoms with Crippen LogP contribution in [-0.4, -0.2) is 4.98 Å². The third-order valence-electron chi connectivity index (χ3n) is 6.77. The highest BCUT2D eigenvalue weighted by Gasteiger charge is 2.32. The summed E-state index contributed by atoms with van der Waals surface area (Å²) in [7, 11) is 0. The molecule has 31 heavy (non-hydrogen) atoms. The van der Waals surface area contributed by atoms with Gasteiger partial charge in [0, 0.05) is 11.6 Å². The van der Waals surface area contributed by atoms with Crippen molar-refractivity contribution in [3.63, 3.8) is 0 Å². The molecule has 3 atom stereocenters. The summed E-state index contributed by atoms with van der Waals surface area (Å²) in [5.74, 6) is 0.500. The topological polar surface area (TPSA) is 12.9 Å². The average Bonchev–Trinajstić information content (AvgIpc) is 2.83. The van der Waals surface area contributed by atoms with E-state index in [0.29, 0.717) is 5.92 Å². The van der Waals surface area contributed by atoms with Crippen molar-refractivity contribution in [2.45, 2.75) is 26.4 Å². The quantitative estimate of drug-likeness (QED) is 0.237. The molecule has 154 valence electrons. The monoisotopic (exact) mass is 407 g/mol. The fourth-order valence-electron chi connectivity index (χ4n) is 4.75. The Labute approximate surface area is 182 Å². The van der Waals surface area contributed by atoms with E-state index in [-0.39, 0.29) is 5.92 Å². The molecule has 1 aromatic heterocycles. The standard InChI is InChI=1S/C20H19F.C9H7N/c1-12-11-19-17-8-7-14-5-3-4-6-15(14)16(17)9-10-18(19)20(21)13(12)2;1-2-6-9-8(4-1)5-3-7-10-9/h3-10,12-13,20H,11H2,1-2H3;1-7H. The smallest absolute Gasteiger partial charge is 0.128 e. The minimum Gasteiger partial charge on any atom is -0.256 e. The molecule has 1 heterocycles. The molecule has 1 aliphatic carbocycles. The summed E-state index contributed by atoms with van der Waals surface area (Å²) < 4.78 is 14.7. The van der Waals surface area contributed by atoms with Crippen molar-refractivity contribution < 1.29 is 4.39 Å². The van der Waals surface area contributed by atoms with Gasteiger partial charge in [-0.05, 0) is 63.1 Å². The third kappa shape index (κ3) is 3.57. The molecule has 1 nitrogen and oxygen atoms in total. The Hall–Kier alpha value is -3.26. The lowest BCUT2D eigenvalue weighted by Gasteiger charge is -2.32. The first kappa shape index (κ1) is 19.7. The number of alkyl halides is 1. The number of hydrogen-bond donors (Lipinski definition) is 0. The van der Waals surface area contributed by atoms with Crippen molar-refractivity contribution in [1.29, 1.82) is 0 Å². The summed E-state index contributed by atoms with van der Waals surface area (Å²) >= 11 is 0. The van der Waals surface area contributed by atoms with E-state index in [1.807, 2.05) is 43.5 Å². The number of aromatic nitrogens is 1. The molecule has 0 spiro atoms. The predicted molar refractivity (Wildman–Crippen MR) is 129 cm³/mol. The van der Waals surface area contributed by atoms with Crippen LogP contribution in [0.4, 0.5) is 4.39 Å². The molecule has 0 radical (unpaired) electrons. The molecule has 0 N–H and O–H groups in total. The van der Waals surface area contributed by atoms with E-state index in [4.69, 9.17) is 0 Å². The normalized spacial score (nSPS) is 20.3. The molecule has 2 heteroatoms. The summed E-state index contributed by atoms with van der Waals surface area (Å²) in [4.78, 5) is 4.18. The van der Waals surface area contributed by atoms with Gasteiger partial charge >= 0.3 is 0 Å². The van der Waals surface area contributed by atoms with E-state index in [1.165, 1.54) is 32.5 Å². The van der Waals surface area contributed by atoms with Crippen LogP contribution in [-0.2, 0) is 6.42 Å². The lowest BCUT2D eigenvalue weighted by Crippen LogP contribution is -2.23. The molecule has 1 aliphatic rings. The van der Waals surface area contributed by atoms with Crippen LogP contribution >= 0.6 is 0 Å². The lowest BCUT2D eigenvalue weighted by molar-refractivity contribution is 0.173. The number of fused-ring (bicyclic) bond motifs is 6. The third-order valence-corrected chi connectivity index (χ3v) is 6.77. The number of nitrogens with zero attached hydrogens (tertiary/aromatic N) is 1. The zero-order chi connectivity index (χ0) is 21.4. The maximum Gasteiger partial charge on any atom is 0.128 e. The van der Waals surface area contributed by atoms with Gasteiger partial charge in [-0.15, -0.1) is 0 Å².